The Morgan fingerprint density at radius 3 is 2.48 bits per heavy atom. The van der Waals surface area contributed by atoms with Crippen molar-refractivity contribution in [2.75, 3.05) is 12.4 Å². The number of hydrogen-bond acceptors (Lipinski definition) is 5. The summed E-state index contributed by atoms with van der Waals surface area (Å²) < 4.78 is 4.66. The van der Waals surface area contributed by atoms with Crippen molar-refractivity contribution in [1.82, 2.24) is 10.3 Å². The lowest BCUT2D eigenvalue weighted by Crippen LogP contribution is -2.38. The number of anilines is 1. The predicted molar refractivity (Wildman–Crippen MR) is 91.6 cm³/mol. The van der Waals surface area contributed by atoms with Crippen molar-refractivity contribution < 1.29 is 19.1 Å². The molecule has 7 nitrogen and oxygen atoms in total. The van der Waals surface area contributed by atoms with Crippen molar-refractivity contribution in [2.24, 2.45) is 0 Å². The number of nitrogens with zero attached hydrogens (tertiary/aromatic N) is 1. The number of aryl methyl sites for hydroxylation is 1. The number of esters is 1. The van der Waals surface area contributed by atoms with Crippen molar-refractivity contribution in [1.29, 1.82) is 0 Å². The monoisotopic (exact) mass is 341 g/mol. The van der Waals surface area contributed by atoms with Crippen LogP contribution in [0.4, 0.5) is 5.69 Å². The fourth-order valence-electron chi connectivity index (χ4n) is 2.19. The Labute approximate surface area is 145 Å². The fourth-order valence-corrected chi connectivity index (χ4v) is 2.19. The lowest BCUT2D eigenvalue weighted by molar-refractivity contribution is -0.142. The maximum absolute atomic E-state index is 12.2. The van der Waals surface area contributed by atoms with E-state index in [1.54, 1.807) is 43.5 Å². The molecule has 1 aromatic heterocycles. The molecule has 0 spiro atoms. The van der Waals surface area contributed by atoms with Gasteiger partial charge in [-0.15, -0.1) is 0 Å². The first-order valence-electron chi connectivity index (χ1n) is 7.65. The van der Waals surface area contributed by atoms with Crippen LogP contribution in [0.1, 0.15) is 23.6 Å². The molecule has 2 N–H and O–H groups in total. The number of methoxy groups -OCH3 is 1. The van der Waals surface area contributed by atoms with Gasteiger partial charge in [0.1, 0.15) is 0 Å². The van der Waals surface area contributed by atoms with Gasteiger partial charge in [-0.05, 0) is 24.1 Å². The predicted octanol–water partition coefficient (Wildman–Crippen LogP) is 1.75. The summed E-state index contributed by atoms with van der Waals surface area (Å²) >= 11 is 0. The zero-order valence-electron chi connectivity index (χ0n) is 14.0. The van der Waals surface area contributed by atoms with Gasteiger partial charge in [-0.1, -0.05) is 30.3 Å². The molecule has 0 bridgehead atoms. The van der Waals surface area contributed by atoms with E-state index >= 15 is 0 Å². The molecule has 0 aliphatic rings. The van der Waals surface area contributed by atoms with Gasteiger partial charge in [-0.3, -0.25) is 19.4 Å². The SMILES string of the molecule is COC(=O)C[C@@H](NC(=O)C(=O)Nc1cnccc1C)c1ccccc1. The summed E-state index contributed by atoms with van der Waals surface area (Å²) in [6.45, 7) is 1.79. The Morgan fingerprint density at radius 2 is 1.84 bits per heavy atom. The standard InChI is InChI=1S/C18H19N3O4/c1-12-8-9-19-11-15(12)21-18(24)17(23)20-14(10-16(22)25-2)13-6-4-3-5-7-13/h3-9,11,14H,10H2,1-2H3,(H,20,23)(H,21,24)/t14-/m1/s1. The van der Waals surface area contributed by atoms with Gasteiger partial charge in [0, 0.05) is 6.20 Å². The molecule has 7 heteroatoms. The lowest BCUT2D eigenvalue weighted by Gasteiger charge is -2.18. The number of nitrogens with one attached hydrogen (secondary N) is 2. The summed E-state index contributed by atoms with van der Waals surface area (Å²) in [6.07, 6.45) is 2.97. The van der Waals surface area contributed by atoms with E-state index in [2.05, 4.69) is 20.4 Å². The van der Waals surface area contributed by atoms with Gasteiger partial charge in [-0.25, -0.2) is 0 Å². The van der Waals surface area contributed by atoms with Crippen LogP contribution >= 0.6 is 0 Å². The van der Waals surface area contributed by atoms with E-state index in [-0.39, 0.29) is 6.42 Å². The smallest absolute Gasteiger partial charge is 0.313 e. The van der Waals surface area contributed by atoms with Crippen molar-refractivity contribution in [2.45, 2.75) is 19.4 Å². The van der Waals surface area contributed by atoms with E-state index in [4.69, 9.17) is 0 Å². The van der Waals surface area contributed by atoms with Gasteiger partial charge in [0.15, 0.2) is 0 Å². The number of pyridine rings is 1. The van der Waals surface area contributed by atoms with Crippen LogP contribution in [0, 0.1) is 6.92 Å². The Kier molecular flexibility index (Phi) is 6.22. The molecule has 1 aromatic carbocycles. The molecule has 0 aliphatic carbocycles. The summed E-state index contributed by atoms with van der Waals surface area (Å²) in [7, 11) is 1.27. The van der Waals surface area contributed by atoms with E-state index in [0.29, 0.717) is 11.3 Å². The van der Waals surface area contributed by atoms with Crippen molar-refractivity contribution in [3.8, 4) is 0 Å². The minimum Gasteiger partial charge on any atom is -0.469 e. The summed E-state index contributed by atoms with van der Waals surface area (Å²) in [5, 5.41) is 5.07. The lowest BCUT2D eigenvalue weighted by atomic mass is 10.0. The number of carbonyl (C=O) groups excluding carboxylic acids is 3. The minimum atomic E-state index is -0.846. The number of ether oxygens (including phenoxy) is 1. The van der Waals surface area contributed by atoms with Gasteiger partial charge < -0.3 is 15.4 Å². The first-order chi connectivity index (χ1) is 12.0. The average molecular weight is 341 g/mol. The first kappa shape index (κ1) is 18.1. The Bertz CT molecular complexity index is 762. The molecule has 2 aromatic rings. The van der Waals surface area contributed by atoms with E-state index in [1.165, 1.54) is 13.3 Å². The van der Waals surface area contributed by atoms with Crippen LogP contribution in [0.3, 0.4) is 0 Å². The quantitative estimate of drug-likeness (QED) is 0.638. The summed E-state index contributed by atoms with van der Waals surface area (Å²) in [5.41, 5.74) is 1.93. The van der Waals surface area contributed by atoms with Gasteiger partial charge in [0.05, 0.1) is 31.5 Å². The first-order valence-corrected chi connectivity index (χ1v) is 7.65. The molecule has 2 amide bonds. The molecular formula is C18H19N3O4. The molecule has 0 saturated carbocycles. The van der Waals surface area contributed by atoms with Crippen LogP contribution in [-0.4, -0.2) is 29.9 Å². The summed E-state index contributed by atoms with van der Waals surface area (Å²) in [5.74, 6) is -2.17. The molecule has 1 heterocycles. The third kappa shape index (κ3) is 5.13. The van der Waals surface area contributed by atoms with Crippen LogP contribution in [0.25, 0.3) is 0 Å². The maximum atomic E-state index is 12.2. The van der Waals surface area contributed by atoms with Crippen molar-refractivity contribution in [3.63, 3.8) is 0 Å². The van der Waals surface area contributed by atoms with Crippen LogP contribution in [0.5, 0.6) is 0 Å². The van der Waals surface area contributed by atoms with E-state index in [1.807, 2.05) is 6.07 Å². The van der Waals surface area contributed by atoms with Crippen LogP contribution in [-0.2, 0) is 19.1 Å². The van der Waals surface area contributed by atoms with E-state index in [9.17, 15) is 14.4 Å². The topological polar surface area (TPSA) is 97.4 Å². The highest BCUT2D eigenvalue weighted by molar-refractivity contribution is 6.39. The largest absolute Gasteiger partial charge is 0.469 e. The number of benzene rings is 1. The Hall–Kier alpha value is -3.22. The number of hydrogen-bond donors (Lipinski definition) is 2. The number of amides is 2. The molecule has 0 radical (unpaired) electrons. The zero-order valence-corrected chi connectivity index (χ0v) is 14.0. The molecule has 0 saturated heterocycles. The van der Waals surface area contributed by atoms with Crippen molar-refractivity contribution in [3.05, 3.63) is 59.9 Å². The highest BCUT2D eigenvalue weighted by Crippen LogP contribution is 2.17. The van der Waals surface area contributed by atoms with Crippen LogP contribution in [0.15, 0.2) is 48.8 Å². The van der Waals surface area contributed by atoms with Crippen LogP contribution in [0.2, 0.25) is 0 Å². The fraction of sp³-hybridized carbons (Fsp3) is 0.222. The maximum Gasteiger partial charge on any atom is 0.313 e. The van der Waals surface area contributed by atoms with Crippen molar-refractivity contribution >= 4 is 23.5 Å². The number of carbonyl (C=O) groups is 3. The third-order valence-electron chi connectivity index (χ3n) is 3.60. The van der Waals surface area contributed by atoms with Gasteiger partial charge in [-0.2, -0.15) is 0 Å². The number of aromatic nitrogens is 1. The number of rotatable bonds is 5. The highest BCUT2D eigenvalue weighted by Gasteiger charge is 2.23. The van der Waals surface area contributed by atoms with E-state index < -0.39 is 23.8 Å². The average Bonchev–Trinajstić information content (AvgIpc) is 2.63. The Morgan fingerprint density at radius 1 is 1.12 bits per heavy atom. The Balaban J connectivity index is 2.09. The molecule has 2 rings (SSSR count). The second-order valence-electron chi connectivity index (χ2n) is 5.36. The molecule has 0 aliphatic heterocycles. The van der Waals surface area contributed by atoms with Gasteiger partial charge in [0.25, 0.3) is 0 Å². The zero-order chi connectivity index (χ0) is 18.2. The van der Waals surface area contributed by atoms with Crippen LogP contribution < -0.4 is 10.6 Å². The second kappa shape index (κ2) is 8.58. The highest BCUT2D eigenvalue weighted by atomic mass is 16.5. The normalized spacial score (nSPS) is 11.3. The van der Waals surface area contributed by atoms with Gasteiger partial charge in [0.2, 0.25) is 0 Å². The molecule has 25 heavy (non-hydrogen) atoms. The molecule has 0 unspecified atom stereocenters. The third-order valence-corrected chi connectivity index (χ3v) is 3.60. The molecular weight excluding hydrogens is 322 g/mol. The minimum absolute atomic E-state index is 0.0779. The molecule has 1 atom stereocenters. The van der Waals surface area contributed by atoms with E-state index in [0.717, 1.165) is 5.56 Å². The molecule has 0 fully saturated rings. The summed E-state index contributed by atoms with van der Waals surface area (Å²) in [4.78, 5) is 39.8. The summed E-state index contributed by atoms with van der Waals surface area (Å²) in [6, 6.07) is 9.96. The van der Waals surface area contributed by atoms with Gasteiger partial charge >= 0.3 is 17.8 Å². The molecule has 130 valence electrons. The second-order valence-corrected chi connectivity index (χ2v) is 5.36.